The summed E-state index contributed by atoms with van der Waals surface area (Å²) >= 11 is 1.74. The number of anilines is 1. The fourth-order valence-electron chi connectivity index (χ4n) is 3.85. The van der Waals surface area contributed by atoms with E-state index in [9.17, 15) is 4.79 Å². The molecule has 1 fully saturated rings. The van der Waals surface area contributed by atoms with Gasteiger partial charge in [0.1, 0.15) is 16.4 Å². The summed E-state index contributed by atoms with van der Waals surface area (Å²) in [5.74, 6) is 1.87. The quantitative estimate of drug-likeness (QED) is 0.905. The van der Waals surface area contributed by atoms with Crippen LogP contribution in [0.3, 0.4) is 0 Å². The molecule has 1 heterocycles. The maximum Gasteiger partial charge on any atom is 0.149 e. The van der Waals surface area contributed by atoms with Crippen LogP contribution in [-0.4, -0.2) is 18.1 Å². The van der Waals surface area contributed by atoms with Gasteiger partial charge in [0.05, 0.1) is 18.3 Å². The van der Waals surface area contributed by atoms with Crippen molar-refractivity contribution in [3.8, 4) is 5.75 Å². The largest absolute Gasteiger partial charge is 0.494 e. The number of hydrogen-bond donors (Lipinski definition) is 1. The number of rotatable bonds is 4. The van der Waals surface area contributed by atoms with Crippen LogP contribution in [0.25, 0.3) is 0 Å². The molecule has 2 atom stereocenters. The third kappa shape index (κ3) is 2.49. The molecule has 0 spiro atoms. The third-order valence-corrected chi connectivity index (χ3v) is 6.43. The van der Waals surface area contributed by atoms with Gasteiger partial charge < -0.3 is 10.1 Å². The molecule has 2 aliphatic rings. The van der Waals surface area contributed by atoms with Crippen molar-refractivity contribution in [1.29, 1.82) is 0 Å². The molecule has 0 saturated carbocycles. The van der Waals surface area contributed by atoms with Crippen LogP contribution in [0.1, 0.15) is 24.5 Å². The molecule has 0 radical (unpaired) electrons. The minimum Gasteiger partial charge on any atom is -0.494 e. The molecule has 2 aromatic carbocycles. The van der Waals surface area contributed by atoms with Gasteiger partial charge in [-0.05, 0) is 55.2 Å². The van der Waals surface area contributed by atoms with Crippen LogP contribution in [0.4, 0.5) is 5.69 Å². The van der Waals surface area contributed by atoms with E-state index < -0.39 is 0 Å². The first-order valence-electron chi connectivity index (χ1n) is 8.49. The number of Topliss-reactive ketones (excluding diaryl/α,β-unsaturated/α-hetero) is 1. The van der Waals surface area contributed by atoms with E-state index in [1.807, 2.05) is 31.2 Å². The normalized spacial score (nSPS) is 25.0. The van der Waals surface area contributed by atoms with Gasteiger partial charge in [-0.3, -0.25) is 4.79 Å². The van der Waals surface area contributed by atoms with Crippen molar-refractivity contribution in [1.82, 2.24) is 0 Å². The molecule has 124 valence electrons. The lowest BCUT2D eigenvalue weighted by atomic mass is 9.77. The molecule has 0 amide bonds. The fraction of sp³-hybridized carbons (Fsp3) is 0.350. The maximum atomic E-state index is 12.5. The number of aryl methyl sites for hydroxylation is 1. The average molecular weight is 339 g/mol. The van der Waals surface area contributed by atoms with Gasteiger partial charge >= 0.3 is 0 Å². The van der Waals surface area contributed by atoms with Crippen LogP contribution >= 0.6 is 11.8 Å². The first kappa shape index (κ1) is 15.6. The summed E-state index contributed by atoms with van der Waals surface area (Å²) in [6.45, 7) is 2.64. The van der Waals surface area contributed by atoms with Crippen LogP contribution < -0.4 is 10.1 Å². The predicted molar refractivity (Wildman–Crippen MR) is 98.6 cm³/mol. The molecule has 3 nitrogen and oxygen atoms in total. The Morgan fingerprint density at radius 1 is 1.21 bits per heavy atom. The number of ketones is 1. The summed E-state index contributed by atoms with van der Waals surface area (Å²) in [6, 6.07) is 16.6. The van der Waals surface area contributed by atoms with E-state index in [2.05, 4.69) is 29.6 Å². The number of thioether (sulfide) groups is 1. The van der Waals surface area contributed by atoms with E-state index in [0.717, 1.165) is 24.3 Å². The topological polar surface area (TPSA) is 38.3 Å². The zero-order valence-corrected chi connectivity index (χ0v) is 14.6. The van der Waals surface area contributed by atoms with Crippen molar-refractivity contribution >= 4 is 23.2 Å². The standard InChI is InChI=1S/C20H21NO2S/c1-2-23-16-10-8-15(9-11-16)21-20-17-6-4-3-5-14(17)7-12-18(20)19(22)13-24-20/h3-6,8-11,18,21H,2,7,12-13H2,1H3/t18-,20+/m1/s1. The summed E-state index contributed by atoms with van der Waals surface area (Å²) in [4.78, 5) is 12.1. The molecular weight excluding hydrogens is 318 g/mol. The number of nitrogens with one attached hydrogen (secondary N) is 1. The van der Waals surface area contributed by atoms with Gasteiger partial charge in [0.15, 0.2) is 0 Å². The van der Waals surface area contributed by atoms with E-state index in [4.69, 9.17) is 4.74 Å². The van der Waals surface area contributed by atoms with Gasteiger partial charge in [0.2, 0.25) is 0 Å². The van der Waals surface area contributed by atoms with E-state index >= 15 is 0 Å². The summed E-state index contributed by atoms with van der Waals surface area (Å²) in [5, 5.41) is 3.70. The van der Waals surface area contributed by atoms with Crippen LogP contribution in [0.2, 0.25) is 0 Å². The van der Waals surface area contributed by atoms with Crippen molar-refractivity contribution < 1.29 is 9.53 Å². The summed E-state index contributed by atoms with van der Waals surface area (Å²) < 4.78 is 5.52. The molecule has 4 rings (SSSR count). The molecule has 4 heteroatoms. The first-order valence-corrected chi connectivity index (χ1v) is 9.47. The van der Waals surface area contributed by atoms with Crippen molar-refractivity contribution in [3.63, 3.8) is 0 Å². The highest BCUT2D eigenvalue weighted by atomic mass is 32.2. The highest BCUT2D eigenvalue weighted by Crippen LogP contribution is 2.54. The first-order chi connectivity index (χ1) is 11.7. The second kappa shape index (κ2) is 6.17. The predicted octanol–water partition coefficient (Wildman–Crippen LogP) is 4.23. The van der Waals surface area contributed by atoms with Gasteiger partial charge in [0.25, 0.3) is 0 Å². The maximum absolute atomic E-state index is 12.5. The number of carbonyl (C=O) groups excluding carboxylic acids is 1. The lowest BCUT2D eigenvalue weighted by Gasteiger charge is -2.40. The zero-order chi connectivity index (χ0) is 16.6. The second-order valence-corrected chi connectivity index (χ2v) is 7.54. The van der Waals surface area contributed by atoms with Crippen molar-refractivity contribution in [2.45, 2.75) is 24.6 Å². The molecular formula is C20H21NO2S. The second-order valence-electron chi connectivity index (χ2n) is 6.32. The zero-order valence-electron chi connectivity index (χ0n) is 13.7. The number of ether oxygens (including phenoxy) is 1. The molecule has 1 saturated heterocycles. The Kier molecular flexibility index (Phi) is 4.01. The highest BCUT2D eigenvalue weighted by Gasteiger charge is 2.52. The number of hydrogen-bond acceptors (Lipinski definition) is 4. The summed E-state index contributed by atoms with van der Waals surface area (Å²) in [5.41, 5.74) is 3.66. The Labute approximate surface area is 146 Å². The Hall–Kier alpha value is -1.94. The Balaban J connectivity index is 1.71. The van der Waals surface area contributed by atoms with E-state index in [0.29, 0.717) is 18.1 Å². The number of benzene rings is 2. The number of fused-ring (bicyclic) bond motifs is 3. The monoisotopic (exact) mass is 339 g/mol. The molecule has 1 aliphatic heterocycles. The SMILES string of the molecule is CCOc1ccc(N[C@@]23SCC(=O)[C@H]2CCc2ccccc23)cc1. The van der Waals surface area contributed by atoms with Crippen molar-refractivity contribution in [2.24, 2.45) is 5.92 Å². The van der Waals surface area contributed by atoms with E-state index in [-0.39, 0.29) is 10.8 Å². The molecule has 1 N–H and O–H groups in total. The summed E-state index contributed by atoms with van der Waals surface area (Å²) in [7, 11) is 0. The average Bonchev–Trinajstić information content (AvgIpc) is 2.94. The van der Waals surface area contributed by atoms with Gasteiger partial charge in [-0.1, -0.05) is 24.3 Å². The van der Waals surface area contributed by atoms with Crippen LogP contribution in [0.5, 0.6) is 5.75 Å². The van der Waals surface area contributed by atoms with Gasteiger partial charge in [0, 0.05) is 5.69 Å². The minimum atomic E-state index is -0.334. The summed E-state index contributed by atoms with van der Waals surface area (Å²) in [6.07, 6.45) is 1.91. The van der Waals surface area contributed by atoms with Crippen molar-refractivity contribution in [2.75, 3.05) is 17.7 Å². The molecule has 0 bridgehead atoms. The van der Waals surface area contributed by atoms with E-state index in [1.54, 1.807) is 11.8 Å². The minimum absolute atomic E-state index is 0.0453. The van der Waals surface area contributed by atoms with Gasteiger partial charge in [-0.15, -0.1) is 11.8 Å². The molecule has 24 heavy (non-hydrogen) atoms. The lowest BCUT2D eigenvalue weighted by Crippen LogP contribution is -2.42. The Bertz CT molecular complexity index is 758. The number of carbonyl (C=O) groups is 1. The Morgan fingerprint density at radius 3 is 2.79 bits per heavy atom. The van der Waals surface area contributed by atoms with Crippen LogP contribution in [0, 0.1) is 5.92 Å². The van der Waals surface area contributed by atoms with Crippen LogP contribution in [0.15, 0.2) is 48.5 Å². The molecule has 1 aliphatic carbocycles. The van der Waals surface area contributed by atoms with Crippen molar-refractivity contribution in [3.05, 3.63) is 59.7 Å². The molecule has 0 unspecified atom stereocenters. The smallest absolute Gasteiger partial charge is 0.149 e. The van der Waals surface area contributed by atoms with E-state index in [1.165, 1.54) is 11.1 Å². The van der Waals surface area contributed by atoms with Gasteiger partial charge in [-0.25, -0.2) is 0 Å². The third-order valence-electron chi connectivity index (χ3n) is 4.94. The molecule has 0 aromatic heterocycles. The van der Waals surface area contributed by atoms with Gasteiger partial charge in [-0.2, -0.15) is 0 Å². The lowest BCUT2D eigenvalue weighted by molar-refractivity contribution is -0.120. The molecule has 2 aromatic rings. The highest BCUT2D eigenvalue weighted by molar-refractivity contribution is 8.01. The Morgan fingerprint density at radius 2 is 2.00 bits per heavy atom. The fourth-order valence-corrected chi connectivity index (χ4v) is 5.42. The van der Waals surface area contributed by atoms with Crippen LogP contribution in [-0.2, 0) is 16.1 Å².